The standard InChI is InChI=1S/C9H11N5O/c1-5-3-4-6-7(11-5)13-14-8(6)12-9(15)10-2/h3-4H,1-2H3,(H3,10,11,12,13,14,15). The Bertz CT molecular complexity index is 504. The number of aromatic nitrogens is 3. The summed E-state index contributed by atoms with van der Waals surface area (Å²) >= 11 is 0. The van der Waals surface area contributed by atoms with Gasteiger partial charge in [-0.15, -0.1) is 0 Å². The molecule has 3 N–H and O–H groups in total. The number of nitrogens with one attached hydrogen (secondary N) is 3. The summed E-state index contributed by atoms with van der Waals surface area (Å²) in [7, 11) is 1.55. The van der Waals surface area contributed by atoms with Crippen LogP contribution in [-0.4, -0.2) is 28.3 Å². The Morgan fingerprint density at radius 3 is 3.00 bits per heavy atom. The highest BCUT2D eigenvalue weighted by Gasteiger charge is 2.08. The second-order valence-corrected chi connectivity index (χ2v) is 3.13. The molecule has 2 amide bonds. The van der Waals surface area contributed by atoms with Gasteiger partial charge in [0.1, 0.15) is 0 Å². The van der Waals surface area contributed by atoms with Crippen molar-refractivity contribution in [2.24, 2.45) is 0 Å². The molecule has 0 atom stereocenters. The molecule has 0 aliphatic rings. The first-order valence-electron chi connectivity index (χ1n) is 4.51. The Hall–Kier alpha value is -2.11. The van der Waals surface area contributed by atoms with E-state index >= 15 is 0 Å². The van der Waals surface area contributed by atoms with Gasteiger partial charge in [-0.3, -0.25) is 10.4 Å². The summed E-state index contributed by atoms with van der Waals surface area (Å²) in [6, 6.07) is 3.43. The molecular weight excluding hydrogens is 194 g/mol. The van der Waals surface area contributed by atoms with E-state index in [0.29, 0.717) is 11.5 Å². The van der Waals surface area contributed by atoms with Crippen LogP contribution in [0.15, 0.2) is 12.1 Å². The number of amides is 2. The predicted octanol–water partition coefficient (Wildman–Crippen LogP) is 1.02. The summed E-state index contributed by atoms with van der Waals surface area (Å²) in [5.41, 5.74) is 1.57. The zero-order valence-corrected chi connectivity index (χ0v) is 8.46. The summed E-state index contributed by atoms with van der Waals surface area (Å²) in [6.07, 6.45) is 0. The molecule has 6 heteroatoms. The number of anilines is 1. The van der Waals surface area contributed by atoms with E-state index in [-0.39, 0.29) is 6.03 Å². The van der Waals surface area contributed by atoms with Crippen LogP contribution in [0.5, 0.6) is 0 Å². The van der Waals surface area contributed by atoms with E-state index in [1.54, 1.807) is 7.05 Å². The number of nitrogens with zero attached hydrogens (tertiary/aromatic N) is 2. The van der Waals surface area contributed by atoms with Crippen LogP contribution in [0.25, 0.3) is 11.0 Å². The number of aromatic amines is 1. The minimum absolute atomic E-state index is 0.302. The lowest BCUT2D eigenvalue weighted by atomic mass is 10.3. The average molecular weight is 205 g/mol. The van der Waals surface area contributed by atoms with Gasteiger partial charge in [-0.2, -0.15) is 5.10 Å². The van der Waals surface area contributed by atoms with Crippen LogP contribution < -0.4 is 10.6 Å². The number of H-pyrrole nitrogens is 1. The van der Waals surface area contributed by atoms with Crippen LogP contribution in [0.3, 0.4) is 0 Å². The lowest BCUT2D eigenvalue weighted by molar-refractivity contribution is 0.254. The fourth-order valence-electron chi connectivity index (χ4n) is 1.27. The lowest BCUT2D eigenvalue weighted by Crippen LogP contribution is -2.24. The highest BCUT2D eigenvalue weighted by molar-refractivity contribution is 5.97. The summed E-state index contributed by atoms with van der Waals surface area (Å²) in [5, 5.41) is 12.6. The van der Waals surface area contributed by atoms with Crippen LogP contribution in [0, 0.1) is 6.92 Å². The van der Waals surface area contributed by atoms with Gasteiger partial charge >= 0.3 is 6.03 Å². The van der Waals surface area contributed by atoms with Gasteiger partial charge in [-0.1, -0.05) is 0 Å². The molecule has 2 aromatic heterocycles. The zero-order valence-electron chi connectivity index (χ0n) is 8.46. The molecule has 0 aromatic carbocycles. The summed E-state index contributed by atoms with van der Waals surface area (Å²) in [5.74, 6) is 0.483. The fraction of sp³-hybridized carbons (Fsp3) is 0.222. The number of rotatable bonds is 1. The maximum absolute atomic E-state index is 11.1. The van der Waals surface area contributed by atoms with Gasteiger partial charge in [0.15, 0.2) is 11.5 Å². The highest BCUT2D eigenvalue weighted by Crippen LogP contribution is 2.18. The van der Waals surface area contributed by atoms with E-state index in [1.165, 1.54) is 0 Å². The molecule has 0 spiro atoms. The molecule has 0 aliphatic heterocycles. The summed E-state index contributed by atoms with van der Waals surface area (Å²) in [6.45, 7) is 1.89. The first-order valence-corrected chi connectivity index (χ1v) is 4.51. The van der Waals surface area contributed by atoms with E-state index < -0.39 is 0 Å². The fourth-order valence-corrected chi connectivity index (χ4v) is 1.27. The van der Waals surface area contributed by atoms with Crippen LogP contribution >= 0.6 is 0 Å². The Labute approximate surface area is 86.1 Å². The van der Waals surface area contributed by atoms with Gasteiger partial charge in [-0.05, 0) is 19.1 Å². The number of fused-ring (bicyclic) bond motifs is 1. The van der Waals surface area contributed by atoms with E-state index in [1.807, 2.05) is 19.1 Å². The second-order valence-electron chi connectivity index (χ2n) is 3.13. The van der Waals surface area contributed by atoms with Gasteiger partial charge in [-0.25, -0.2) is 9.78 Å². The lowest BCUT2D eigenvalue weighted by Gasteiger charge is -1.99. The van der Waals surface area contributed by atoms with Crippen molar-refractivity contribution in [1.82, 2.24) is 20.5 Å². The molecular formula is C9H11N5O. The Balaban J connectivity index is 2.41. The molecule has 0 fully saturated rings. The molecule has 2 rings (SSSR count). The SMILES string of the molecule is CNC(=O)Nc1n[nH]c2nc(C)ccc12. The molecule has 2 aromatic rings. The van der Waals surface area contributed by atoms with Crippen LogP contribution in [-0.2, 0) is 0 Å². The normalized spacial score (nSPS) is 10.3. The van der Waals surface area contributed by atoms with E-state index in [0.717, 1.165) is 11.1 Å². The van der Waals surface area contributed by atoms with Crippen molar-refractivity contribution < 1.29 is 4.79 Å². The number of aryl methyl sites for hydroxylation is 1. The first kappa shape index (κ1) is 9.45. The number of urea groups is 1. The molecule has 2 heterocycles. The molecule has 0 unspecified atom stereocenters. The number of carbonyl (C=O) groups is 1. The van der Waals surface area contributed by atoms with Crippen molar-refractivity contribution in [3.8, 4) is 0 Å². The topological polar surface area (TPSA) is 82.7 Å². The largest absolute Gasteiger partial charge is 0.341 e. The molecule has 6 nitrogen and oxygen atoms in total. The van der Waals surface area contributed by atoms with Gasteiger partial charge in [0.25, 0.3) is 0 Å². The highest BCUT2D eigenvalue weighted by atomic mass is 16.2. The van der Waals surface area contributed by atoms with E-state index in [4.69, 9.17) is 0 Å². The minimum Gasteiger partial charge on any atom is -0.341 e. The maximum atomic E-state index is 11.1. The Morgan fingerprint density at radius 2 is 2.27 bits per heavy atom. The monoisotopic (exact) mass is 205 g/mol. The number of hydrogen-bond acceptors (Lipinski definition) is 3. The van der Waals surface area contributed by atoms with Crippen LogP contribution in [0.1, 0.15) is 5.69 Å². The molecule has 0 radical (unpaired) electrons. The summed E-state index contributed by atoms with van der Waals surface area (Å²) < 4.78 is 0. The van der Waals surface area contributed by atoms with Crippen molar-refractivity contribution in [1.29, 1.82) is 0 Å². The Morgan fingerprint density at radius 1 is 1.47 bits per heavy atom. The molecule has 15 heavy (non-hydrogen) atoms. The van der Waals surface area contributed by atoms with Gasteiger partial charge in [0.05, 0.1) is 5.39 Å². The molecule has 78 valence electrons. The Kier molecular flexibility index (Phi) is 2.24. The smallest absolute Gasteiger partial charge is 0.320 e. The van der Waals surface area contributed by atoms with Gasteiger partial charge in [0.2, 0.25) is 0 Å². The van der Waals surface area contributed by atoms with E-state index in [2.05, 4.69) is 25.8 Å². The number of pyridine rings is 1. The van der Waals surface area contributed by atoms with Crippen molar-refractivity contribution >= 4 is 22.9 Å². The quantitative estimate of drug-likeness (QED) is 0.650. The molecule has 0 aliphatic carbocycles. The third-order valence-electron chi connectivity index (χ3n) is 2.02. The third-order valence-corrected chi connectivity index (χ3v) is 2.02. The van der Waals surface area contributed by atoms with E-state index in [9.17, 15) is 4.79 Å². The van der Waals surface area contributed by atoms with Gasteiger partial charge in [0, 0.05) is 12.7 Å². The molecule has 0 saturated heterocycles. The summed E-state index contributed by atoms with van der Waals surface area (Å²) in [4.78, 5) is 15.3. The van der Waals surface area contributed by atoms with Crippen molar-refractivity contribution in [2.45, 2.75) is 6.92 Å². The van der Waals surface area contributed by atoms with Crippen molar-refractivity contribution in [2.75, 3.05) is 12.4 Å². The van der Waals surface area contributed by atoms with Crippen molar-refractivity contribution in [3.63, 3.8) is 0 Å². The number of hydrogen-bond donors (Lipinski definition) is 3. The first-order chi connectivity index (χ1) is 7.20. The van der Waals surface area contributed by atoms with Crippen LogP contribution in [0.2, 0.25) is 0 Å². The molecule has 0 saturated carbocycles. The minimum atomic E-state index is -0.302. The third kappa shape index (κ3) is 1.74. The maximum Gasteiger partial charge on any atom is 0.320 e. The van der Waals surface area contributed by atoms with Gasteiger partial charge < -0.3 is 5.32 Å². The predicted molar refractivity (Wildman–Crippen MR) is 56.7 cm³/mol. The van der Waals surface area contributed by atoms with Crippen molar-refractivity contribution in [3.05, 3.63) is 17.8 Å². The molecule has 0 bridgehead atoms. The van der Waals surface area contributed by atoms with Crippen LogP contribution in [0.4, 0.5) is 10.6 Å². The zero-order chi connectivity index (χ0) is 10.8. The second kappa shape index (κ2) is 3.56. The number of carbonyl (C=O) groups excluding carboxylic acids is 1. The average Bonchev–Trinajstić information content (AvgIpc) is 2.60.